The fraction of sp³-hybridized carbons (Fsp3) is 0.742. The zero-order valence-electron chi connectivity index (χ0n) is 23.3. The summed E-state index contributed by atoms with van der Waals surface area (Å²) in [5.41, 5.74) is 1.39. The van der Waals surface area contributed by atoms with Crippen LogP contribution in [0.1, 0.15) is 89.5 Å². The van der Waals surface area contributed by atoms with Gasteiger partial charge in [-0.3, -0.25) is 14.5 Å². The summed E-state index contributed by atoms with van der Waals surface area (Å²) in [5, 5.41) is 6.23. The number of carbonyl (C=O) groups excluding carboxylic acids is 2. The van der Waals surface area contributed by atoms with Crippen LogP contribution in [0, 0.1) is 5.92 Å². The fourth-order valence-corrected chi connectivity index (χ4v) is 6.81. The maximum atomic E-state index is 14.1. The van der Waals surface area contributed by atoms with E-state index in [4.69, 9.17) is 0 Å². The Kier molecular flexibility index (Phi) is 10.9. The number of carbonyl (C=O) groups is 2. The lowest BCUT2D eigenvalue weighted by Gasteiger charge is -2.40. The molecule has 1 aromatic rings. The maximum absolute atomic E-state index is 14.1. The SMILES string of the molecule is CNC(C)C(=O)N[C@H](C(=O)N1CCCC1CN(CCc1ccccc1)C1CCCCC1)C1CCCCC1. The highest BCUT2D eigenvalue weighted by molar-refractivity contribution is 5.90. The summed E-state index contributed by atoms with van der Waals surface area (Å²) in [7, 11) is 1.80. The first kappa shape index (κ1) is 28.1. The van der Waals surface area contributed by atoms with Crippen molar-refractivity contribution < 1.29 is 9.59 Å². The molecule has 2 saturated carbocycles. The van der Waals surface area contributed by atoms with Crippen LogP contribution in [0.5, 0.6) is 0 Å². The van der Waals surface area contributed by atoms with Gasteiger partial charge in [-0.15, -0.1) is 0 Å². The number of hydrogen-bond acceptors (Lipinski definition) is 4. The van der Waals surface area contributed by atoms with Gasteiger partial charge in [-0.25, -0.2) is 0 Å². The summed E-state index contributed by atoms with van der Waals surface area (Å²) in [5.74, 6) is 0.356. The van der Waals surface area contributed by atoms with Crippen LogP contribution in [0.25, 0.3) is 0 Å². The van der Waals surface area contributed by atoms with E-state index in [1.54, 1.807) is 7.05 Å². The number of hydrogen-bond donors (Lipinski definition) is 2. The van der Waals surface area contributed by atoms with Crippen molar-refractivity contribution >= 4 is 11.8 Å². The summed E-state index contributed by atoms with van der Waals surface area (Å²) >= 11 is 0. The number of likely N-dealkylation sites (tertiary alicyclic amines) is 1. The van der Waals surface area contributed by atoms with Gasteiger partial charge in [0.2, 0.25) is 11.8 Å². The van der Waals surface area contributed by atoms with Gasteiger partial charge in [0, 0.05) is 31.7 Å². The van der Waals surface area contributed by atoms with Gasteiger partial charge in [-0.1, -0.05) is 68.9 Å². The average molecular weight is 511 g/mol. The van der Waals surface area contributed by atoms with Gasteiger partial charge in [0.15, 0.2) is 0 Å². The van der Waals surface area contributed by atoms with Crippen molar-refractivity contribution in [2.24, 2.45) is 5.92 Å². The van der Waals surface area contributed by atoms with E-state index in [1.807, 2.05) is 6.92 Å². The lowest BCUT2D eigenvalue weighted by Crippen LogP contribution is -2.57. The van der Waals surface area contributed by atoms with Gasteiger partial charge in [0.25, 0.3) is 0 Å². The first-order chi connectivity index (χ1) is 18.1. The summed E-state index contributed by atoms with van der Waals surface area (Å²) in [6, 6.07) is 11.0. The van der Waals surface area contributed by atoms with Crippen LogP contribution in [0.3, 0.4) is 0 Å². The van der Waals surface area contributed by atoms with Crippen molar-refractivity contribution in [3.8, 4) is 0 Å². The van der Waals surface area contributed by atoms with E-state index in [0.29, 0.717) is 6.04 Å². The highest BCUT2D eigenvalue weighted by Gasteiger charge is 2.39. The molecule has 2 unspecified atom stereocenters. The minimum Gasteiger partial charge on any atom is -0.343 e. The molecule has 2 amide bonds. The van der Waals surface area contributed by atoms with E-state index < -0.39 is 6.04 Å². The average Bonchev–Trinajstić information content (AvgIpc) is 3.42. The Morgan fingerprint density at radius 3 is 2.30 bits per heavy atom. The third-order valence-electron chi connectivity index (χ3n) is 9.24. The van der Waals surface area contributed by atoms with Crippen molar-refractivity contribution in [1.29, 1.82) is 0 Å². The predicted molar refractivity (Wildman–Crippen MR) is 150 cm³/mol. The molecule has 3 fully saturated rings. The summed E-state index contributed by atoms with van der Waals surface area (Å²) in [6.45, 7) is 4.70. The Labute approximate surface area is 224 Å². The molecule has 2 aliphatic carbocycles. The number of rotatable bonds is 11. The lowest BCUT2D eigenvalue weighted by atomic mass is 9.83. The van der Waals surface area contributed by atoms with Crippen LogP contribution >= 0.6 is 0 Å². The van der Waals surface area contributed by atoms with Crippen LogP contribution in [0.4, 0.5) is 0 Å². The normalized spacial score (nSPS) is 23.2. The van der Waals surface area contributed by atoms with Crippen molar-refractivity contribution in [3.63, 3.8) is 0 Å². The minimum absolute atomic E-state index is 0.0612. The first-order valence-electron chi connectivity index (χ1n) is 15.1. The lowest BCUT2D eigenvalue weighted by molar-refractivity contribution is -0.140. The highest BCUT2D eigenvalue weighted by Crippen LogP contribution is 2.30. The number of likely N-dealkylation sites (N-methyl/N-ethyl adjacent to an activating group) is 1. The summed E-state index contributed by atoms with van der Waals surface area (Å²) in [4.78, 5) is 31.9. The molecule has 0 aromatic heterocycles. The molecule has 1 aliphatic heterocycles. The van der Waals surface area contributed by atoms with Gasteiger partial charge < -0.3 is 15.5 Å². The molecule has 6 heteroatoms. The molecular formula is C31H50N4O2. The second-order valence-corrected chi connectivity index (χ2v) is 11.7. The Morgan fingerprint density at radius 2 is 1.62 bits per heavy atom. The van der Waals surface area contributed by atoms with E-state index in [1.165, 1.54) is 44.1 Å². The Hall–Kier alpha value is -1.92. The van der Waals surface area contributed by atoms with E-state index in [-0.39, 0.29) is 29.8 Å². The predicted octanol–water partition coefficient (Wildman–Crippen LogP) is 4.53. The molecule has 0 spiro atoms. The summed E-state index contributed by atoms with van der Waals surface area (Å²) < 4.78 is 0. The van der Waals surface area contributed by atoms with Crippen molar-refractivity contribution in [3.05, 3.63) is 35.9 Å². The van der Waals surface area contributed by atoms with Crippen molar-refractivity contribution in [2.75, 3.05) is 26.7 Å². The molecule has 3 aliphatic rings. The molecule has 6 nitrogen and oxygen atoms in total. The third-order valence-corrected chi connectivity index (χ3v) is 9.24. The third kappa shape index (κ3) is 7.79. The molecular weight excluding hydrogens is 460 g/mol. The van der Waals surface area contributed by atoms with Crippen molar-refractivity contribution in [2.45, 2.75) is 115 Å². The minimum atomic E-state index is -0.392. The molecule has 1 aromatic carbocycles. The van der Waals surface area contributed by atoms with Gasteiger partial charge in [-0.05, 0) is 70.4 Å². The number of nitrogens with zero attached hydrogens (tertiary/aromatic N) is 2. The Bertz CT molecular complexity index is 835. The molecule has 1 saturated heterocycles. The highest BCUT2D eigenvalue weighted by atomic mass is 16.2. The van der Waals surface area contributed by atoms with Gasteiger partial charge in [-0.2, -0.15) is 0 Å². The second-order valence-electron chi connectivity index (χ2n) is 11.7. The van der Waals surface area contributed by atoms with Crippen LogP contribution in [-0.2, 0) is 16.0 Å². The fourth-order valence-electron chi connectivity index (χ4n) is 6.81. The largest absolute Gasteiger partial charge is 0.343 e. The van der Waals surface area contributed by atoms with Gasteiger partial charge in [0.05, 0.1) is 6.04 Å². The first-order valence-corrected chi connectivity index (χ1v) is 15.1. The topological polar surface area (TPSA) is 64.7 Å². The van der Waals surface area contributed by atoms with Crippen molar-refractivity contribution in [1.82, 2.24) is 20.4 Å². The molecule has 37 heavy (non-hydrogen) atoms. The van der Waals surface area contributed by atoms with Crippen LogP contribution in [0.2, 0.25) is 0 Å². The zero-order chi connectivity index (χ0) is 26.0. The standard InChI is InChI=1S/C31H50N4O2/c1-24(32-2)30(36)33-29(26-15-8-4-9-16-26)31(37)35-21-12-19-28(35)23-34(27-17-10-5-11-18-27)22-20-25-13-6-3-7-14-25/h3,6-7,13-14,24,26-29,32H,4-5,8-12,15-23H2,1-2H3,(H,33,36)/t24?,28?,29-/m0/s1. The maximum Gasteiger partial charge on any atom is 0.245 e. The van der Waals surface area contributed by atoms with Gasteiger partial charge in [0.1, 0.15) is 6.04 Å². The molecule has 0 bridgehead atoms. The molecule has 2 N–H and O–H groups in total. The van der Waals surface area contributed by atoms with E-state index in [9.17, 15) is 9.59 Å². The second kappa shape index (κ2) is 14.3. The quantitative estimate of drug-likeness (QED) is 0.459. The number of benzene rings is 1. The monoisotopic (exact) mass is 510 g/mol. The van der Waals surface area contributed by atoms with Crippen LogP contribution in [-0.4, -0.2) is 72.5 Å². The number of amides is 2. The smallest absolute Gasteiger partial charge is 0.245 e. The summed E-state index contributed by atoms with van der Waals surface area (Å²) in [6.07, 6.45) is 15.4. The van der Waals surface area contributed by atoms with Crippen LogP contribution < -0.4 is 10.6 Å². The van der Waals surface area contributed by atoms with Gasteiger partial charge >= 0.3 is 0 Å². The van der Waals surface area contributed by atoms with E-state index >= 15 is 0 Å². The molecule has 0 radical (unpaired) electrons. The Balaban J connectivity index is 1.46. The van der Waals surface area contributed by atoms with E-state index in [0.717, 1.165) is 64.6 Å². The number of nitrogens with one attached hydrogen (secondary N) is 2. The zero-order valence-corrected chi connectivity index (χ0v) is 23.3. The Morgan fingerprint density at radius 1 is 0.946 bits per heavy atom. The molecule has 1 heterocycles. The molecule has 4 rings (SSSR count). The molecule has 3 atom stereocenters. The van der Waals surface area contributed by atoms with E-state index in [2.05, 4.69) is 50.8 Å². The van der Waals surface area contributed by atoms with Crippen LogP contribution in [0.15, 0.2) is 30.3 Å². The molecule has 206 valence electrons.